The van der Waals surface area contributed by atoms with Crippen molar-refractivity contribution in [1.82, 2.24) is 4.57 Å². The zero-order valence-electron chi connectivity index (χ0n) is 15.3. The minimum absolute atomic E-state index is 0.111. The van der Waals surface area contributed by atoms with E-state index >= 15 is 0 Å². The van der Waals surface area contributed by atoms with Crippen molar-refractivity contribution in [1.29, 1.82) is 0 Å². The van der Waals surface area contributed by atoms with Crippen molar-refractivity contribution in [2.45, 2.75) is 26.3 Å². The lowest BCUT2D eigenvalue weighted by Crippen LogP contribution is -2.16. The maximum atomic E-state index is 12.6. The van der Waals surface area contributed by atoms with Gasteiger partial charge in [0.1, 0.15) is 5.75 Å². The fourth-order valence-corrected chi connectivity index (χ4v) is 5.24. The first-order valence-electron chi connectivity index (χ1n) is 8.62. The maximum absolute atomic E-state index is 12.6. The van der Waals surface area contributed by atoms with E-state index in [1.807, 2.05) is 18.4 Å². The third kappa shape index (κ3) is 4.05. The summed E-state index contributed by atoms with van der Waals surface area (Å²) in [6, 6.07) is 7.89. The van der Waals surface area contributed by atoms with Crippen molar-refractivity contribution in [3.8, 4) is 5.75 Å². The number of ketones is 1. The second kappa shape index (κ2) is 7.19. The van der Waals surface area contributed by atoms with Gasteiger partial charge in [0.2, 0.25) is 11.7 Å². The average Bonchev–Trinajstić information content (AvgIpc) is 3.11. The van der Waals surface area contributed by atoms with E-state index < -0.39 is 15.7 Å². The largest absolute Gasteiger partial charge is 0.485 e. The molecule has 1 saturated heterocycles. The molecule has 8 heteroatoms. The maximum Gasteiger partial charge on any atom is 0.248 e. The highest BCUT2D eigenvalue weighted by atomic mass is 32.2. The number of amides is 1. The second-order valence-electron chi connectivity index (χ2n) is 6.81. The molecular weight excluding hydrogens is 368 g/mol. The van der Waals surface area contributed by atoms with E-state index in [2.05, 4.69) is 0 Å². The number of primary amides is 1. The summed E-state index contributed by atoms with van der Waals surface area (Å²) >= 11 is 0. The quantitative estimate of drug-likeness (QED) is 0.757. The number of carbonyl (C=O) groups is 2. The Morgan fingerprint density at radius 1 is 1.22 bits per heavy atom. The van der Waals surface area contributed by atoms with Gasteiger partial charge < -0.3 is 15.0 Å². The molecule has 1 atom stereocenters. The number of nitrogens with two attached hydrogens (primary N) is 1. The Morgan fingerprint density at radius 3 is 2.44 bits per heavy atom. The average molecular weight is 390 g/mol. The number of aryl methyl sites for hydroxylation is 1. The highest BCUT2D eigenvalue weighted by Crippen LogP contribution is 2.29. The van der Waals surface area contributed by atoms with Crippen molar-refractivity contribution < 1.29 is 22.7 Å². The highest BCUT2D eigenvalue weighted by molar-refractivity contribution is 7.91. The number of hydrogen-bond donors (Lipinski definition) is 1. The lowest BCUT2D eigenvalue weighted by molar-refractivity contribution is 0.0919. The Kier molecular flexibility index (Phi) is 5.10. The van der Waals surface area contributed by atoms with Crippen LogP contribution in [0.1, 0.15) is 44.6 Å². The molecule has 1 fully saturated rings. The normalized spacial score (nSPS) is 18.4. The molecule has 27 heavy (non-hydrogen) atoms. The summed E-state index contributed by atoms with van der Waals surface area (Å²) in [7, 11) is -3.01. The molecule has 2 N–H and O–H groups in total. The predicted octanol–water partition coefficient (Wildman–Crippen LogP) is 1.83. The summed E-state index contributed by atoms with van der Waals surface area (Å²) < 4.78 is 31.0. The molecule has 3 rings (SSSR count). The number of rotatable bonds is 6. The summed E-state index contributed by atoms with van der Waals surface area (Å²) in [6.45, 7) is 3.55. The highest BCUT2D eigenvalue weighted by Gasteiger charge is 2.31. The molecule has 0 saturated carbocycles. The van der Waals surface area contributed by atoms with Crippen LogP contribution in [0.25, 0.3) is 0 Å². The van der Waals surface area contributed by atoms with Crippen molar-refractivity contribution in [3.63, 3.8) is 0 Å². The number of carbonyl (C=O) groups excluding carboxylic acids is 2. The van der Waals surface area contributed by atoms with Crippen LogP contribution in [0.2, 0.25) is 0 Å². The van der Waals surface area contributed by atoms with E-state index in [0.29, 0.717) is 23.3 Å². The lowest BCUT2D eigenvalue weighted by Gasteiger charge is -2.16. The van der Waals surface area contributed by atoms with E-state index in [9.17, 15) is 18.0 Å². The van der Waals surface area contributed by atoms with E-state index in [1.54, 1.807) is 18.2 Å². The van der Waals surface area contributed by atoms with Gasteiger partial charge in [-0.2, -0.15) is 0 Å². The second-order valence-corrected chi connectivity index (χ2v) is 9.04. The standard InChI is InChI=1S/C19H22N2O5S/c1-12-9-17(13(2)21(12)15-7-8-27(24,25)11-15)18(22)10-26-16-5-3-14(4-6-16)19(20)23/h3-6,9,15H,7-8,10-11H2,1-2H3,(H2,20,23)/t15-/m1/s1. The fourth-order valence-electron chi connectivity index (χ4n) is 3.54. The topological polar surface area (TPSA) is 108 Å². The van der Waals surface area contributed by atoms with E-state index in [4.69, 9.17) is 10.5 Å². The SMILES string of the molecule is Cc1cc(C(=O)COc2ccc(C(N)=O)cc2)c(C)n1[C@@H]1CCS(=O)(=O)C1. The molecule has 1 aliphatic heterocycles. The molecule has 7 nitrogen and oxygen atoms in total. The van der Waals surface area contributed by atoms with Crippen LogP contribution in [-0.4, -0.2) is 42.8 Å². The number of sulfone groups is 1. The minimum atomic E-state index is -3.01. The molecule has 1 aromatic heterocycles. The summed E-state index contributed by atoms with van der Waals surface area (Å²) in [5.41, 5.74) is 7.71. The van der Waals surface area contributed by atoms with Crippen molar-refractivity contribution >= 4 is 21.5 Å². The number of hydrogen-bond acceptors (Lipinski definition) is 5. The Morgan fingerprint density at radius 2 is 1.89 bits per heavy atom. The summed E-state index contributed by atoms with van der Waals surface area (Å²) in [4.78, 5) is 23.7. The van der Waals surface area contributed by atoms with Gasteiger partial charge >= 0.3 is 0 Å². The molecule has 0 bridgehead atoms. The van der Waals surface area contributed by atoms with Crippen LogP contribution in [0.3, 0.4) is 0 Å². The Balaban J connectivity index is 1.72. The van der Waals surface area contributed by atoms with Gasteiger partial charge in [-0.05, 0) is 50.6 Å². The zero-order chi connectivity index (χ0) is 19.8. The van der Waals surface area contributed by atoms with Gasteiger partial charge in [0, 0.05) is 28.6 Å². The van der Waals surface area contributed by atoms with Crippen molar-refractivity contribution in [3.05, 3.63) is 52.8 Å². The third-order valence-electron chi connectivity index (χ3n) is 4.87. The van der Waals surface area contributed by atoms with Gasteiger partial charge in [-0.1, -0.05) is 0 Å². The van der Waals surface area contributed by atoms with E-state index in [-0.39, 0.29) is 29.9 Å². The Hall–Kier alpha value is -2.61. The first kappa shape index (κ1) is 19.2. The summed E-state index contributed by atoms with van der Waals surface area (Å²) in [5, 5.41) is 0. The number of benzene rings is 1. The smallest absolute Gasteiger partial charge is 0.248 e. The Bertz CT molecular complexity index is 990. The molecule has 0 unspecified atom stereocenters. The first-order chi connectivity index (χ1) is 12.7. The number of aromatic nitrogens is 1. The van der Waals surface area contributed by atoms with Crippen LogP contribution in [-0.2, 0) is 9.84 Å². The number of Topliss-reactive ketones (excluding diaryl/α,β-unsaturated/α-hetero) is 1. The van der Waals surface area contributed by atoms with Gasteiger partial charge in [-0.3, -0.25) is 9.59 Å². The van der Waals surface area contributed by atoms with E-state index in [1.165, 1.54) is 12.1 Å². The summed E-state index contributed by atoms with van der Waals surface area (Å²) in [5.74, 6) is 0.0412. The molecule has 144 valence electrons. The van der Waals surface area contributed by atoms with E-state index in [0.717, 1.165) is 11.4 Å². The van der Waals surface area contributed by atoms with Crippen LogP contribution in [0.15, 0.2) is 30.3 Å². The van der Waals surface area contributed by atoms with Crippen LogP contribution < -0.4 is 10.5 Å². The molecule has 0 spiro atoms. The van der Waals surface area contributed by atoms with Gasteiger partial charge in [0.25, 0.3) is 0 Å². The van der Waals surface area contributed by atoms with Crippen LogP contribution in [0.5, 0.6) is 5.75 Å². The molecule has 0 aliphatic carbocycles. The molecule has 2 heterocycles. The Labute approximate surface area is 158 Å². The monoisotopic (exact) mass is 390 g/mol. The van der Waals surface area contributed by atoms with Gasteiger partial charge in [0.05, 0.1) is 11.5 Å². The first-order valence-corrected chi connectivity index (χ1v) is 10.4. The van der Waals surface area contributed by atoms with Crippen molar-refractivity contribution in [2.24, 2.45) is 5.73 Å². The molecular formula is C19H22N2O5S. The number of nitrogens with zero attached hydrogens (tertiary/aromatic N) is 1. The van der Waals surface area contributed by atoms with Gasteiger partial charge in [-0.25, -0.2) is 8.42 Å². The third-order valence-corrected chi connectivity index (χ3v) is 6.62. The molecule has 1 aromatic carbocycles. The molecule has 0 radical (unpaired) electrons. The van der Waals surface area contributed by atoms with Gasteiger partial charge in [-0.15, -0.1) is 0 Å². The van der Waals surface area contributed by atoms with Crippen LogP contribution in [0.4, 0.5) is 0 Å². The molecule has 1 aliphatic rings. The lowest BCUT2D eigenvalue weighted by atomic mass is 10.1. The van der Waals surface area contributed by atoms with Gasteiger partial charge in [0.15, 0.2) is 16.4 Å². The molecule has 2 aromatic rings. The predicted molar refractivity (Wildman–Crippen MR) is 101 cm³/mol. The van der Waals surface area contributed by atoms with Crippen LogP contribution in [0, 0.1) is 13.8 Å². The van der Waals surface area contributed by atoms with Crippen LogP contribution >= 0.6 is 0 Å². The zero-order valence-corrected chi connectivity index (χ0v) is 16.1. The summed E-state index contributed by atoms with van der Waals surface area (Å²) in [6.07, 6.45) is 0.565. The molecule has 1 amide bonds. The number of ether oxygens (including phenoxy) is 1. The fraction of sp³-hybridized carbons (Fsp3) is 0.368. The minimum Gasteiger partial charge on any atom is -0.485 e. The van der Waals surface area contributed by atoms with Crippen molar-refractivity contribution in [2.75, 3.05) is 18.1 Å².